The van der Waals surface area contributed by atoms with Gasteiger partial charge in [0.25, 0.3) is 0 Å². The SMILES string of the molecule is CCCCCCCCCOC(=O)c1ccc(OCCOc2ccc(C=O)cc2)cc1. The highest BCUT2D eigenvalue weighted by atomic mass is 16.5. The number of carbonyl (C=O) groups excluding carboxylic acids is 2. The van der Waals surface area contributed by atoms with Crippen LogP contribution in [0.25, 0.3) is 0 Å². The highest BCUT2D eigenvalue weighted by molar-refractivity contribution is 5.89. The maximum atomic E-state index is 12.1. The third-order valence-corrected chi connectivity index (χ3v) is 4.71. The van der Waals surface area contributed by atoms with E-state index in [1.807, 2.05) is 0 Å². The molecular formula is C25H32O5. The van der Waals surface area contributed by atoms with Gasteiger partial charge < -0.3 is 14.2 Å². The number of esters is 1. The van der Waals surface area contributed by atoms with Crippen molar-refractivity contribution in [2.75, 3.05) is 19.8 Å². The fourth-order valence-electron chi connectivity index (χ4n) is 2.96. The molecule has 0 fully saturated rings. The number of hydrogen-bond donors (Lipinski definition) is 0. The second kappa shape index (κ2) is 14.2. The van der Waals surface area contributed by atoms with Crippen molar-refractivity contribution in [2.45, 2.75) is 51.9 Å². The van der Waals surface area contributed by atoms with Crippen LogP contribution < -0.4 is 9.47 Å². The summed E-state index contributed by atoms with van der Waals surface area (Å²) in [4.78, 5) is 22.7. The van der Waals surface area contributed by atoms with Crippen molar-refractivity contribution in [1.29, 1.82) is 0 Å². The molecule has 0 N–H and O–H groups in total. The van der Waals surface area contributed by atoms with Gasteiger partial charge in [-0.2, -0.15) is 0 Å². The summed E-state index contributed by atoms with van der Waals surface area (Å²) in [6.07, 6.45) is 9.14. The zero-order valence-corrected chi connectivity index (χ0v) is 17.8. The molecule has 0 aliphatic carbocycles. The monoisotopic (exact) mass is 412 g/mol. The van der Waals surface area contributed by atoms with Crippen LogP contribution in [0.2, 0.25) is 0 Å². The predicted molar refractivity (Wildman–Crippen MR) is 118 cm³/mol. The minimum Gasteiger partial charge on any atom is -0.490 e. The van der Waals surface area contributed by atoms with Crippen molar-refractivity contribution in [3.05, 3.63) is 59.7 Å². The summed E-state index contributed by atoms with van der Waals surface area (Å²) in [5, 5.41) is 0. The maximum absolute atomic E-state index is 12.1. The first-order chi connectivity index (χ1) is 14.7. The molecule has 2 aromatic rings. The molecule has 162 valence electrons. The molecule has 30 heavy (non-hydrogen) atoms. The third-order valence-electron chi connectivity index (χ3n) is 4.71. The average Bonchev–Trinajstić information content (AvgIpc) is 2.79. The lowest BCUT2D eigenvalue weighted by Gasteiger charge is -2.09. The van der Waals surface area contributed by atoms with E-state index >= 15 is 0 Å². The first-order valence-corrected chi connectivity index (χ1v) is 10.8. The molecule has 0 radical (unpaired) electrons. The summed E-state index contributed by atoms with van der Waals surface area (Å²) < 4.78 is 16.5. The van der Waals surface area contributed by atoms with Crippen molar-refractivity contribution >= 4 is 12.3 Å². The van der Waals surface area contributed by atoms with Crippen LogP contribution in [0.4, 0.5) is 0 Å². The lowest BCUT2D eigenvalue weighted by atomic mass is 10.1. The van der Waals surface area contributed by atoms with Gasteiger partial charge in [-0.3, -0.25) is 4.79 Å². The molecule has 5 nitrogen and oxygen atoms in total. The van der Waals surface area contributed by atoms with Crippen LogP contribution in [0.15, 0.2) is 48.5 Å². The molecule has 0 aromatic heterocycles. The first-order valence-electron chi connectivity index (χ1n) is 10.8. The highest BCUT2D eigenvalue weighted by Crippen LogP contribution is 2.15. The topological polar surface area (TPSA) is 61.8 Å². The predicted octanol–water partition coefficient (Wildman–Crippen LogP) is 5.86. The summed E-state index contributed by atoms with van der Waals surface area (Å²) in [7, 11) is 0. The van der Waals surface area contributed by atoms with E-state index in [2.05, 4.69) is 6.92 Å². The molecule has 0 saturated carbocycles. The summed E-state index contributed by atoms with van der Waals surface area (Å²) >= 11 is 0. The lowest BCUT2D eigenvalue weighted by Crippen LogP contribution is -2.09. The highest BCUT2D eigenvalue weighted by Gasteiger charge is 2.07. The molecule has 5 heteroatoms. The second-order valence-electron chi connectivity index (χ2n) is 7.17. The maximum Gasteiger partial charge on any atom is 0.338 e. The number of hydrogen-bond acceptors (Lipinski definition) is 5. The third kappa shape index (κ3) is 9.12. The number of rotatable bonds is 15. The Morgan fingerprint density at radius 1 is 0.733 bits per heavy atom. The average molecular weight is 413 g/mol. The molecule has 0 saturated heterocycles. The van der Waals surface area contributed by atoms with E-state index in [4.69, 9.17) is 14.2 Å². The van der Waals surface area contributed by atoms with Crippen LogP contribution in [-0.2, 0) is 4.74 Å². The Hall–Kier alpha value is -2.82. The van der Waals surface area contributed by atoms with Crippen molar-refractivity contribution < 1.29 is 23.8 Å². The second-order valence-corrected chi connectivity index (χ2v) is 7.17. The van der Waals surface area contributed by atoms with Gasteiger partial charge in [0.1, 0.15) is 31.0 Å². The van der Waals surface area contributed by atoms with Gasteiger partial charge in [-0.1, -0.05) is 45.4 Å². The van der Waals surface area contributed by atoms with Gasteiger partial charge >= 0.3 is 5.97 Å². The van der Waals surface area contributed by atoms with Gasteiger partial charge in [-0.25, -0.2) is 4.79 Å². The molecular weight excluding hydrogens is 380 g/mol. The molecule has 0 spiro atoms. The number of aldehydes is 1. The first kappa shape index (κ1) is 23.5. The number of carbonyl (C=O) groups is 2. The summed E-state index contributed by atoms with van der Waals surface area (Å²) in [5.41, 5.74) is 1.14. The molecule has 0 aliphatic heterocycles. The molecule has 2 aromatic carbocycles. The summed E-state index contributed by atoms with van der Waals surface area (Å²) in [6, 6.07) is 13.8. The van der Waals surface area contributed by atoms with Crippen LogP contribution in [0.3, 0.4) is 0 Å². The van der Waals surface area contributed by atoms with E-state index in [-0.39, 0.29) is 5.97 Å². The van der Waals surface area contributed by atoms with Crippen LogP contribution in [0.1, 0.15) is 72.6 Å². The number of unbranched alkanes of at least 4 members (excludes halogenated alkanes) is 6. The molecule has 0 unspecified atom stereocenters. The zero-order chi connectivity index (χ0) is 21.4. The van der Waals surface area contributed by atoms with E-state index in [0.29, 0.717) is 42.4 Å². The van der Waals surface area contributed by atoms with E-state index < -0.39 is 0 Å². The van der Waals surface area contributed by atoms with Gasteiger partial charge in [-0.05, 0) is 55.0 Å². The smallest absolute Gasteiger partial charge is 0.338 e. The molecule has 2 rings (SSSR count). The number of ether oxygens (including phenoxy) is 3. The Labute approximate surface area is 179 Å². The van der Waals surface area contributed by atoms with Gasteiger partial charge in [0.15, 0.2) is 0 Å². The van der Waals surface area contributed by atoms with Crippen LogP contribution in [0, 0.1) is 0 Å². The fraction of sp³-hybridized carbons (Fsp3) is 0.440. The standard InChI is InChI=1S/C25H32O5/c1-2-3-4-5-6-7-8-17-30-25(27)22-11-15-24(16-12-22)29-19-18-28-23-13-9-21(20-26)10-14-23/h9-16,20H,2-8,17-19H2,1H3. The molecule has 0 bridgehead atoms. The summed E-state index contributed by atoms with van der Waals surface area (Å²) in [6.45, 7) is 3.43. The Morgan fingerprint density at radius 2 is 1.27 bits per heavy atom. The largest absolute Gasteiger partial charge is 0.490 e. The fourth-order valence-corrected chi connectivity index (χ4v) is 2.96. The molecule has 0 atom stereocenters. The minimum atomic E-state index is -0.297. The van der Waals surface area contributed by atoms with Gasteiger partial charge in [0, 0.05) is 5.56 Å². The van der Waals surface area contributed by atoms with Crippen molar-refractivity contribution in [2.24, 2.45) is 0 Å². The Bertz CT molecular complexity index is 737. The van der Waals surface area contributed by atoms with E-state index in [9.17, 15) is 9.59 Å². The Kier molecular flexibility index (Phi) is 11.1. The molecule has 0 amide bonds. The Morgan fingerprint density at radius 3 is 1.83 bits per heavy atom. The van der Waals surface area contributed by atoms with Crippen LogP contribution in [-0.4, -0.2) is 32.1 Å². The van der Waals surface area contributed by atoms with Gasteiger partial charge in [0.05, 0.1) is 12.2 Å². The van der Waals surface area contributed by atoms with E-state index in [1.165, 1.54) is 32.1 Å². The van der Waals surface area contributed by atoms with E-state index in [1.54, 1.807) is 48.5 Å². The van der Waals surface area contributed by atoms with E-state index in [0.717, 1.165) is 19.1 Å². The van der Waals surface area contributed by atoms with Gasteiger partial charge in [-0.15, -0.1) is 0 Å². The van der Waals surface area contributed by atoms with Crippen LogP contribution in [0.5, 0.6) is 11.5 Å². The normalized spacial score (nSPS) is 10.4. The van der Waals surface area contributed by atoms with Crippen molar-refractivity contribution in [3.8, 4) is 11.5 Å². The Balaban J connectivity index is 1.59. The molecule has 0 heterocycles. The lowest BCUT2D eigenvalue weighted by molar-refractivity contribution is 0.0497. The minimum absolute atomic E-state index is 0.297. The zero-order valence-electron chi connectivity index (χ0n) is 17.8. The van der Waals surface area contributed by atoms with Crippen molar-refractivity contribution in [3.63, 3.8) is 0 Å². The molecule has 0 aliphatic rings. The van der Waals surface area contributed by atoms with Gasteiger partial charge in [0.2, 0.25) is 0 Å². The quantitative estimate of drug-likeness (QED) is 0.208. The number of benzene rings is 2. The van der Waals surface area contributed by atoms with Crippen molar-refractivity contribution in [1.82, 2.24) is 0 Å². The summed E-state index contributed by atoms with van der Waals surface area (Å²) in [5.74, 6) is 1.05. The van der Waals surface area contributed by atoms with Crippen LogP contribution >= 0.6 is 0 Å².